The van der Waals surface area contributed by atoms with Crippen LogP contribution in [0.4, 0.5) is 13.2 Å². The van der Waals surface area contributed by atoms with Gasteiger partial charge in [0.05, 0.1) is 0 Å². The normalized spacial score (nSPS) is 13.3. The second-order valence-corrected chi connectivity index (χ2v) is 3.61. The molecule has 0 heterocycles. The molecule has 0 spiro atoms. The third kappa shape index (κ3) is 3.15. The van der Waals surface area contributed by atoms with Gasteiger partial charge in [-0.05, 0) is 19.4 Å². The molecule has 0 bridgehead atoms. The summed E-state index contributed by atoms with van der Waals surface area (Å²) in [5, 5.41) is 2.61. The van der Waals surface area contributed by atoms with Crippen LogP contribution in [0.1, 0.15) is 46.5 Å². The van der Waals surface area contributed by atoms with Crippen molar-refractivity contribution in [3.8, 4) is 0 Å². The van der Waals surface area contributed by atoms with E-state index >= 15 is 0 Å². The van der Waals surface area contributed by atoms with Crippen molar-refractivity contribution in [2.24, 2.45) is 0 Å². The fourth-order valence-electron chi connectivity index (χ4n) is 1.88. The molecule has 0 radical (unpaired) electrons. The minimum Gasteiger partial charge on any atom is -0.304 e. The van der Waals surface area contributed by atoms with Gasteiger partial charge in [-0.15, -0.1) is 0 Å². The van der Waals surface area contributed by atoms with E-state index in [1.165, 1.54) is 0 Å². The average molecular weight is 211 g/mol. The molecule has 0 aromatic rings. The molecule has 0 aromatic carbocycles. The Morgan fingerprint density at radius 3 is 1.57 bits per heavy atom. The molecule has 14 heavy (non-hydrogen) atoms. The van der Waals surface area contributed by atoms with Crippen LogP contribution >= 0.6 is 0 Å². The van der Waals surface area contributed by atoms with Gasteiger partial charge in [-0.1, -0.05) is 33.6 Å². The number of alkyl halides is 3. The van der Waals surface area contributed by atoms with Crippen molar-refractivity contribution in [1.29, 1.82) is 0 Å². The van der Waals surface area contributed by atoms with Crippen LogP contribution in [0.2, 0.25) is 0 Å². The summed E-state index contributed by atoms with van der Waals surface area (Å²) in [6.45, 7) is 5.65. The average Bonchev–Trinajstić information content (AvgIpc) is 2.03. The predicted octanol–water partition coefficient (Wildman–Crippen LogP) is 3.50. The molecule has 0 atom stereocenters. The first-order valence-corrected chi connectivity index (χ1v) is 5.25. The Hall–Kier alpha value is -0.250. The van der Waals surface area contributed by atoms with Crippen LogP contribution in [0.5, 0.6) is 0 Å². The van der Waals surface area contributed by atoms with Crippen molar-refractivity contribution in [3.05, 3.63) is 0 Å². The first-order valence-electron chi connectivity index (χ1n) is 5.25. The first kappa shape index (κ1) is 13.8. The molecule has 0 aliphatic heterocycles. The van der Waals surface area contributed by atoms with E-state index in [1.54, 1.807) is 20.8 Å². The number of rotatable bonds is 6. The zero-order chi connectivity index (χ0) is 11.2. The highest BCUT2D eigenvalue weighted by Gasteiger charge is 2.52. The lowest BCUT2D eigenvalue weighted by Crippen LogP contribution is -2.56. The van der Waals surface area contributed by atoms with E-state index < -0.39 is 11.7 Å². The fraction of sp³-hybridized carbons (Fsp3) is 1.00. The van der Waals surface area contributed by atoms with Crippen LogP contribution in [0, 0.1) is 0 Å². The highest BCUT2D eigenvalue weighted by Crippen LogP contribution is 2.37. The maximum absolute atomic E-state index is 12.9. The Kier molecular flexibility index (Phi) is 5.49. The van der Waals surface area contributed by atoms with Gasteiger partial charge in [0.15, 0.2) is 0 Å². The Balaban J connectivity index is 4.73. The van der Waals surface area contributed by atoms with E-state index in [2.05, 4.69) is 5.32 Å². The summed E-state index contributed by atoms with van der Waals surface area (Å²) in [4.78, 5) is 0. The van der Waals surface area contributed by atoms with E-state index in [-0.39, 0.29) is 12.8 Å². The van der Waals surface area contributed by atoms with Gasteiger partial charge in [-0.2, -0.15) is 13.2 Å². The second kappa shape index (κ2) is 5.59. The molecule has 0 aromatic heterocycles. The van der Waals surface area contributed by atoms with Gasteiger partial charge < -0.3 is 5.32 Å². The summed E-state index contributed by atoms with van der Waals surface area (Å²) < 4.78 is 38.6. The lowest BCUT2D eigenvalue weighted by molar-refractivity contribution is -0.201. The summed E-state index contributed by atoms with van der Waals surface area (Å²) in [5.74, 6) is 0. The van der Waals surface area contributed by atoms with Crippen molar-refractivity contribution >= 4 is 0 Å². The lowest BCUT2D eigenvalue weighted by Gasteiger charge is -2.36. The van der Waals surface area contributed by atoms with Gasteiger partial charge in [0, 0.05) is 0 Å². The quantitative estimate of drug-likeness (QED) is 0.709. The van der Waals surface area contributed by atoms with Gasteiger partial charge in [0.1, 0.15) is 5.54 Å². The maximum atomic E-state index is 12.9. The molecule has 0 unspecified atom stereocenters. The molecular formula is C10H20F3N. The topological polar surface area (TPSA) is 12.0 Å². The number of nitrogens with one attached hydrogen (secondary N) is 1. The number of hydrogen-bond donors (Lipinski definition) is 1. The van der Waals surface area contributed by atoms with Gasteiger partial charge in [-0.3, -0.25) is 0 Å². The predicted molar refractivity (Wildman–Crippen MR) is 52.3 cm³/mol. The van der Waals surface area contributed by atoms with Gasteiger partial charge in [0.2, 0.25) is 0 Å². The summed E-state index contributed by atoms with van der Waals surface area (Å²) in [6, 6.07) is 0. The molecular weight excluding hydrogens is 191 g/mol. The SMILES string of the molecule is CCCC(CCC)(NCC)C(F)(F)F. The molecule has 0 amide bonds. The molecule has 4 heteroatoms. The maximum Gasteiger partial charge on any atom is 0.406 e. The Labute approximate surface area is 84.1 Å². The van der Waals surface area contributed by atoms with Crippen LogP contribution in [0.25, 0.3) is 0 Å². The van der Waals surface area contributed by atoms with Gasteiger partial charge in [-0.25, -0.2) is 0 Å². The molecule has 0 aliphatic carbocycles. The smallest absolute Gasteiger partial charge is 0.304 e. The van der Waals surface area contributed by atoms with Crippen molar-refractivity contribution in [1.82, 2.24) is 5.32 Å². The van der Waals surface area contributed by atoms with Crippen LogP contribution in [-0.2, 0) is 0 Å². The van der Waals surface area contributed by atoms with E-state index in [0.29, 0.717) is 19.4 Å². The van der Waals surface area contributed by atoms with E-state index in [4.69, 9.17) is 0 Å². The molecule has 86 valence electrons. The minimum absolute atomic E-state index is 0.165. The molecule has 0 aliphatic rings. The van der Waals surface area contributed by atoms with Gasteiger partial charge in [0.25, 0.3) is 0 Å². The van der Waals surface area contributed by atoms with E-state index in [9.17, 15) is 13.2 Å². The highest BCUT2D eigenvalue weighted by molar-refractivity contribution is 4.94. The summed E-state index contributed by atoms with van der Waals surface area (Å²) in [6.07, 6.45) is -2.72. The molecule has 0 saturated carbocycles. The van der Waals surface area contributed by atoms with E-state index in [0.717, 1.165) is 0 Å². The fourth-order valence-corrected chi connectivity index (χ4v) is 1.88. The van der Waals surface area contributed by atoms with Crippen molar-refractivity contribution in [2.75, 3.05) is 6.54 Å². The lowest BCUT2D eigenvalue weighted by atomic mass is 9.88. The van der Waals surface area contributed by atoms with Crippen molar-refractivity contribution < 1.29 is 13.2 Å². The van der Waals surface area contributed by atoms with E-state index in [1.807, 2.05) is 0 Å². The molecule has 0 fully saturated rings. The number of halogens is 3. The molecule has 1 N–H and O–H groups in total. The largest absolute Gasteiger partial charge is 0.406 e. The summed E-state index contributed by atoms with van der Waals surface area (Å²) in [7, 11) is 0. The summed E-state index contributed by atoms with van der Waals surface area (Å²) in [5.41, 5.74) is -1.66. The third-order valence-corrected chi connectivity index (χ3v) is 2.41. The van der Waals surface area contributed by atoms with Crippen LogP contribution in [0.3, 0.4) is 0 Å². The Bertz CT molecular complexity index is 137. The van der Waals surface area contributed by atoms with Gasteiger partial charge >= 0.3 is 6.18 Å². The van der Waals surface area contributed by atoms with Crippen LogP contribution < -0.4 is 5.32 Å². The van der Waals surface area contributed by atoms with Crippen LogP contribution in [0.15, 0.2) is 0 Å². The zero-order valence-electron chi connectivity index (χ0n) is 9.17. The van der Waals surface area contributed by atoms with Crippen LogP contribution in [-0.4, -0.2) is 18.3 Å². The van der Waals surface area contributed by atoms with Crippen molar-refractivity contribution in [3.63, 3.8) is 0 Å². The Morgan fingerprint density at radius 1 is 0.929 bits per heavy atom. The molecule has 1 nitrogen and oxygen atoms in total. The monoisotopic (exact) mass is 211 g/mol. The zero-order valence-corrected chi connectivity index (χ0v) is 9.17. The Morgan fingerprint density at radius 2 is 1.36 bits per heavy atom. The summed E-state index contributed by atoms with van der Waals surface area (Å²) >= 11 is 0. The van der Waals surface area contributed by atoms with Crippen molar-refractivity contribution in [2.45, 2.75) is 58.2 Å². The second-order valence-electron chi connectivity index (χ2n) is 3.61. The number of hydrogen-bond acceptors (Lipinski definition) is 1. The third-order valence-electron chi connectivity index (χ3n) is 2.41. The molecule has 0 saturated heterocycles. The standard InChI is InChI=1S/C10H20F3N/c1-4-7-9(8-5-2,14-6-3)10(11,12)13/h14H,4-8H2,1-3H3. The molecule has 0 rings (SSSR count). The minimum atomic E-state index is -4.14. The highest BCUT2D eigenvalue weighted by atomic mass is 19.4. The first-order chi connectivity index (χ1) is 6.43.